The van der Waals surface area contributed by atoms with Crippen LogP contribution in [0.4, 0.5) is 14.9 Å². The Labute approximate surface area is 135 Å². The quantitative estimate of drug-likeness (QED) is 0.797. The molecule has 3 N–H and O–H groups in total. The van der Waals surface area contributed by atoms with Crippen LogP contribution in [0.25, 0.3) is 0 Å². The number of aliphatic hydroxyl groups excluding tert-OH is 1. The molecule has 0 radical (unpaired) electrons. The molecule has 1 atom stereocenters. The van der Waals surface area contributed by atoms with Gasteiger partial charge in [-0.2, -0.15) is 0 Å². The van der Waals surface area contributed by atoms with Crippen molar-refractivity contribution in [3.05, 3.63) is 29.6 Å². The molecule has 1 aromatic rings. The lowest BCUT2D eigenvalue weighted by Gasteiger charge is -2.34. The fourth-order valence-corrected chi connectivity index (χ4v) is 3.00. The van der Waals surface area contributed by atoms with Crippen molar-refractivity contribution >= 4 is 11.7 Å². The molecule has 0 unspecified atom stereocenters. The lowest BCUT2D eigenvalue weighted by molar-refractivity contribution is 0.145. The number of piperidine rings is 1. The number of amides is 2. The monoisotopic (exact) mass is 321 g/mol. The Kier molecular flexibility index (Phi) is 4.71. The van der Waals surface area contributed by atoms with Crippen LogP contribution in [0.5, 0.6) is 0 Å². The summed E-state index contributed by atoms with van der Waals surface area (Å²) in [5.74, 6) is -0.308. The number of anilines is 1. The zero-order valence-electron chi connectivity index (χ0n) is 13.4. The Balaban J connectivity index is 1.73. The lowest BCUT2D eigenvalue weighted by atomic mass is 10.0. The SMILES string of the molecule is C[C@H](NC(=O)NC1CC1)c1cc(F)ccc1N1CCC(O)CC1. The first kappa shape index (κ1) is 16.1. The summed E-state index contributed by atoms with van der Waals surface area (Å²) in [6, 6.07) is 4.50. The van der Waals surface area contributed by atoms with Crippen LogP contribution >= 0.6 is 0 Å². The fourth-order valence-electron chi connectivity index (χ4n) is 3.00. The molecule has 0 aromatic heterocycles. The van der Waals surface area contributed by atoms with E-state index in [-0.39, 0.29) is 30.0 Å². The average Bonchev–Trinajstić information content (AvgIpc) is 3.32. The van der Waals surface area contributed by atoms with Gasteiger partial charge in [0.2, 0.25) is 0 Å². The van der Waals surface area contributed by atoms with Gasteiger partial charge in [-0.05, 0) is 50.8 Å². The number of hydrogen-bond acceptors (Lipinski definition) is 3. The summed E-state index contributed by atoms with van der Waals surface area (Å²) < 4.78 is 13.7. The molecule has 23 heavy (non-hydrogen) atoms. The third-order valence-corrected chi connectivity index (χ3v) is 4.52. The number of aliphatic hydroxyl groups is 1. The molecular weight excluding hydrogens is 297 g/mol. The van der Waals surface area contributed by atoms with Gasteiger partial charge in [0, 0.05) is 30.4 Å². The third-order valence-electron chi connectivity index (χ3n) is 4.52. The summed E-state index contributed by atoms with van der Waals surface area (Å²) in [6.07, 6.45) is 3.23. The molecule has 1 saturated heterocycles. The Hall–Kier alpha value is -1.82. The fraction of sp³-hybridized carbons (Fsp3) is 0.588. The first-order valence-electron chi connectivity index (χ1n) is 8.32. The van der Waals surface area contributed by atoms with Crippen molar-refractivity contribution in [3.63, 3.8) is 0 Å². The maximum Gasteiger partial charge on any atom is 0.315 e. The normalized spacial score (nSPS) is 20.2. The van der Waals surface area contributed by atoms with Crippen LogP contribution in [-0.4, -0.2) is 36.4 Å². The molecule has 1 aliphatic heterocycles. The van der Waals surface area contributed by atoms with Gasteiger partial charge in [-0.15, -0.1) is 0 Å². The van der Waals surface area contributed by atoms with Gasteiger partial charge in [0.1, 0.15) is 5.82 Å². The predicted molar refractivity (Wildman–Crippen MR) is 87.0 cm³/mol. The van der Waals surface area contributed by atoms with E-state index in [1.807, 2.05) is 6.92 Å². The minimum absolute atomic E-state index is 0.204. The second-order valence-electron chi connectivity index (χ2n) is 6.54. The first-order chi connectivity index (χ1) is 11.0. The second-order valence-corrected chi connectivity index (χ2v) is 6.54. The molecule has 1 heterocycles. The van der Waals surface area contributed by atoms with E-state index in [2.05, 4.69) is 15.5 Å². The molecule has 3 rings (SSSR count). The standard InChI is InChI=1S/C17H24FN3O2/c1-11(19-17(23)20-13-3-4-13)15-10-12(18)2-5-16(15)21-8-6-14(22)7-9-21/h2,5,10-11,13-14,22H,3-4,6-9H2,1H3,(H2,19,20,23)/t11-/m0/s1. The van der Waals surface area contributed by atoms with Gasteiger partial charge >= 0.3 is 6.03 Å². The molecule has 1 saturated carbocycles. The molecule has 0 spiro atoms. The highest BCUT2D eigenvalue weighted by Crippen LogP contribution is 2.30. The summed E-state index contributed by atoms with van der Waals surface area (Å²) in [5, 5.41) is 15.4. The minimum atomic E-state index is -0.308. The van der Waals surface area contributed by atoms with Crippen LogP contribution < -0.4 is 15.5 Å². The topological polar surface area (TPSA) is 64.6 Å². The smallest absolute Gasteiger partial charge is 0.315 e. The molecule has 5 nitrogen and oxygen atoms in total. The van der Waals surface area contributed by atoms with E-state index < -0.39 is 0 Å². The van der Waals surface area contributed by atoms with Crippen molar-refractivity contribution in [2.75, 3.05) is 18.0 Å². The van der Waals surface area contributed by atoms with Crippen LogP contribution in [0.15, 0.2) is 18.2 Å². The van der Waals surface area contributed by atoms with E-state index in [0.717, 1.165) is 37.2 Å². The molecular formula is C17H24FN3O2. The van der Waals surface area contributed by atoms with Gasteiger partial charge in [-0.3, -0.25) is 0 Å². The van der Waals surface area contributed by atoms with Crippen molar-refractivity contribution in [1.82, 2.24) is 10.6 Å². The number of benzene rings is 1. The molecule has 1 aromatic carbocycles. The van der Waals surface area contributed by atoms with Crippen LogP contribution in [0.2, 0.25) is 0 Å². The predicted octanol–water partition coefficient (Wildman–Crippen LogP) is 2.31. The molecule has 126 valence electrons. The second kappa shape index (κ2) is 6.74. The average molecular weight is 321 g/mol. The number of nitrogens with zero attached hydrogens (tertiary/aromatic N) is 1. The van der Waals surface area contributed by atoms with E-state index in [4.69, 9.17) is 0 Å². The molecule has 2 fully saturated rings. The highest BCUT2D eigenvalue weighted by Gasteiger charge is 2.25. The highest BCUT2D eigenvalue weighted by atomic mass is 19.1. The summed E-state index contributed by atoms with van der Waals surface area (Å²) in [7, 11) is 0. The zero-order valence-corrected chi connectivity index (χ0v) is 13.4. The zero-order chi connectivity index (χ0) is 16.4. The molecule has 2 aliphatic rings. The molecule has 6 heteroatoms. The van der Waals surface area contributed by atoms with Gasteiger partial charge < -0.3 is 20.6 Å². The van der Waals surface area contributed by atoms with Crippen LogP contribution in [-0.2, 0) is 0 Å². The number of carbonyl (C=O) groups excluding carboxylic acids is 1. The largest absolute Gasteiger partial charge is 0.393 e. The number of hydrogen-bond donors (Lipinski definition) is 3. The van der Waals surface area contributed by atoms with E-state index in [1.165, 1.54) is 12.1 Å². The Bertz CT molecular complexity index is 569. The van der Waals surface area contributed by atoms with Gasteiger partial charge in [0.05, 0.1) is 12.1 Å². The van der Waals surface area contributed by atoms with E-state index >= 15 is 0 Å². The van der Waals surface area contributed by atoms with Crippen LogP contribution in [0.3, 0.4) is 0 Å². The van der Waals surface area contributed by atoms with Gasteiger partial charge in [-0.1, -0.05) is 0 Å². The van der Waals surface area contributed by atoms with Crippen molar-refractivity contribution < 1.29 is 14.3 Å². The van der Waals surface area contributed by atoms with Crippen molar-refractivity contribution in [3.8, 4) is 0 Å². The summed E-state index contributed by atoms with van der Waals surface area (Å²) in [6.45, 7) is 3.34. The lowest BCUT2D eigenvalue weighted by Crippen LogP contribution is -2.40. The third kappa shape index (κ3) is 4.13. The number of nitrogens with one attached hydrogen (secondary N) is 2. The Morgan fingerprint density at radius 1 is 1.30 bits per heavy atom. The highest BCUT2D eigenvalue weighted by molar-refractivity contribution is 5.75. The van der Waals surface area contributed by atoms with E-state index in [0.29, 0.717) is 12.8 Å². The van der Waals surface area contributed by atoms with Crippen LogP contribution in [0, 0.1) is 5.82 Å². The number of carbonyl (C=O) groups is 1. The minimum Gasteiger partial charge on any atom is -0.393 e. The van der Waals surface area contributed by atoms with Gasteiger partial charge in [0.25, 0.3) is 0 Å². The summed E-state index contributed by atoms with van der Waals surface area (Å²) in [5.41, 5.74) is 1.70. The van der Waals surface area contributed by atoms with Crippen molar-refractivity contribution in [1.29, 1.82) is 0 Å². The Morgan fingerprint density at radius 3 is 2.65 bits per heavy atom. The van der Waals surface area contributed by atoms with Crippen molar-refractivity contribution in [2.45, 2.75) is 50.8 Å². The number of halogens is 1. The molecule has 0 bridgehead atoms. The number of rotatable bonds is 4. The van der Waals surface area contributed by atoms with Gasteiger partial charge in [0.15, 0.2) is 0 Å². The summed E-state index contributed by atoms with van der Waals surface area (Å²) in [4.78, 5) is 14.1. The molecule has 1 aliphatic carbocycles. The Morgan fingerprint density at radius 2 is 2.00 bits per heavy atom. The maximum absolute atomic E-state index is 13.7. The summed E-state index contributed by atoms with van der Waals surface area (Å²) >= 11 is 0. The van der Waals surface area contributed by atoms with Crippen molar-refractivity contribution in [2.24, 2.45) is 0 Å². The van der Waals surface area contributed by atoms with Crippen LogP contribution in [0.1, 0.15) is 44.2 Å². The number of urea groups is 1. The maximum atomic E-state index is 13.7. The first-order valence-corrected chi connectivity index (χ1v) is 8.32. The van der Waals surface area contributed by atoms with E-state index in [9.17, 15) is 14.3 Å². The van der Waals surface area contributed by atoms with E-state index in [1.54, 1.807) is 6.07 Å². The van der Waals surface area contributed by atoms with Gasteiger partial charge in [-0.25, -0.2) is 9.18 Å². The molecule has 2 amide bonds.